The Morgan fingerprint density at radius 3 is 2.80 bits per heavy atom. The number of halogens is 2. The zero-order chi connectivity index (χ0) is 11.3. The molecule has 1 rings (SSSR count). The Hall–Kier alpha value is -1.09. The molecule has 2 nitrogen and oxygen atoms in total. The molecule has 0 aliphatic heterocycles. The lowest BCUT2D eigenvalue weighted by Crippen LogP contribution is -2.27. The van der Waals surface area contributed by atoms with E-state index in [0.29, 0.717) is 5.56 Å². The summed E-state index contributed by atoms with van der Waals surface area (Å²) in [5.41, 5.74) is 0.487. The number of hydrogen-bond acceptors (Lipinski definition) is 1. The van der Waals surface area contributed by atoms with Gasteiger partial charge in [-0.15, -0.1) is 11.6 Å². The fraction of sp³-hybridized carbons (Fsp3) is 0.364. The van der Waals surface area contributed by atoms with Crippen molar-refractivity contribution >= 4 is 17.5 Å². The lowest BCUT2D eigenvalue weighted by molar-refractivity contribution is -0.121. The van der Waals surface area contributed by atoms with E-state index in [4.69, 9.17) is 11.6 Å². The van der Waals surface area contributed by atoms with Crippen LogP contribution in [0.4, 0.5) is 4.39 Å². The highest BCUT2D eigenvalue weighted by molar-refractivity contribution is 6.18. The van der Waals surface area contributed by atoms with Crippen LogP contribution in [0.1, 0.15) is 24.9 Å². The van der Waals surface area contributed by atoms with Crippen LogP contribution < -0.4 is 5.32 Å². The van der Waals surface area contributed by atoms with Crippen LogP contribution in [-0.2, 0) is 4.79 Å². The van der Waals surface area contributed by atoms with E-state index in [1.165, 1.54) is 6.07 Å². The summed E-state index contributed by atoms with van der Waals surface area (Å²) in [5.74, 6) is -0.201. The number of carbonyl (C=O) groups is 1. The van der Waals surface area contributed by atoms with Gasteiger partial charge in [-0.1, -0.05) is 18.2 Å². The molecule has 82 valence electrons. The first-order chi connectivity index (χ1) is 7.15. The molecule has 0 fully saturated rings. The SMILES string of the molecule is CC(NC(=O)CCCl)c1ccccc1F. The third-order valence-corrected chi connectivity index (χ3v) is 2.26. The molecule has 1 aromatic rings. The van der Waals surface area contributed by atoms with Gasteiger partial charge >= 0.3 is 0 Å². The van der Waals surface area contributed by atoms with Crippen LogP contribution in [-0.4, -0.2) is 11.8 Å². The van der Waals surface area contributed by atoms with Gasteiger partial charge < -0.3 is 5.32 Å². The molecule has 0 aliphatic rings. The van der Waals surface area contributed by atoms with Crippen molar-refractivity contribution in [2.75, 3.05) is 5.88 Å². The summed E-state index contributed by atoms with van der Waals surface area (Å²) in [6.07, 6.45) is 0.250. The van der Waals surface area contributed by atoms with Gasteiger partial charge in [0.2, 0.25) is 5.91 Å². The first kappa shape index (κ1) is 12.0. The summed E-state index contributed by atoms with van der Waals surface area (Å²) in [7, 11) is 0. The second-order valence-corrected chi connectivity index (χ2v) is 3.63. The second kappa shape index (κ2) is 5.71. The first-order valence-corrected chi connectivity index (χ1v) is 5.28. The van der Waals surface area contributed by atoms with Gasteiger partial charge in [-0.2, -0.15) is 0 Å². The number of alkyl halides is 1. The van der Waals surface area contributed by atoms with Gasteiger partial charge in [-0.3, -0.25) is 4.79 Å². The number of benzene rings is 1. The van der Waals surface area contributed by atoms with Crippen molar-refractivity contribution < 1.29 is 9.18 Å². The fourth-order valence-corrected chi connectivity index (χ4v) is 1.48. The normalized spacial score (nSPS) is 12.2. The molecule has 0 bridgehead atoms. The van der Waals surface area contributed by atoms with Crippen molar-refractivity contribution in [2.45, 2.75) is 19.4 Å². The Bertz CT molecular complexity index is 343. The smallest absolute Gasteiger partial charge is 0.221 e. The molecule has 15 heavy (non-hydrogen) atoms. The highest BCUT2D eigenvalue weighted by atomic mass is 35.5. The number of carbonyl (C=O) groups excluding carboxylic acids is 1. The van der Waals surface area contributed by atoms with Crippen molar-refractivity contribution in [1.82, 2.24) is 5.32 Å². The molecule has 0 radical (unpaired) electrons. The van der Waals surface area contributed by atoms with Crippen LogP contribution in [0.3, 0.4) is 0 Å². The molecule has 0 aliphatic carbocycles. The van der Waals surface area contributed by atoms with Crippen LogP contribution in [0.15, 0.2) is 24.3 Å². The van der Waals surface area contributed by atoms with Crippen molar-refractivity contribution in [3.63, 3.8) is 0 Å². The molecular formula is C11H13ClFNO. The van der Waals surface area contributed by atoms with E-state index >= 15 is 0 Å². The Kier molecular flexibility index (Phi) is 4.56. The molecule has 1 N–H and O–H groups in total. The molecular weight excluding hydrogens is 217 g/mol. The van der Waals surface area contributed by atoms with E-state index in [-0.39, 0.29) is 30.1 Å². The summed E-state index contributed by atoms with van der Waals surface area (Å²) in [4.78, 5) is 11.2. The predicted octanol–water partition coefficient (Wildman–Crippen LogP) is 2.63. The minimum absolute atomic E-state index is 0.166. The fourth-order valence-electron chi connectivity index (χ4n) is 1.30. The van der Waals surface area contributed by atoms with Gasteiger partial charge in [0.15, 0.2) is 0 Å². The van der Waals surface area contributed by atoms with Crippen LogP contribution >= 0.6 is 11.6 Å². The highest BCUT2D eigenvalue weighted by Gasteiger charge is 2.12. The number of nitrogens with one attached hydrogen (secondary N) is 1. The standard InChI is InChI=1S/C11H13ClFNO/c1-8(14-11(15)6-7-12)9-4-2-3-5-10(9)13/h2-5,8H,6-7H2,1H3,(H,14,15). The maximum atomic E-state index is 13.3. The maximum Gasteiger partial charge on any atom is 0.221 e. The Morgan fingerprint density at radius 2 is 2.20 bits per heavy atom. The Labute approximate surface area is 93.4 Å². The third-order valence-electron chi connectivity index (χ3n) is 2.07. The molecule has 0 spiro atoms. The van der Waals surface area contributed by atoms with Crippen molar-refractivity contribution in [3.05, 3.63) is 35.6 Å². The van der Waals surface area contributed by atoms with Gasteiger partial charge in [0, 0.05) is 17.9 Å². The topological polar surface area (TPSA) is 29.1 Å². The summed E-state index contributed by atoms with van der Waals surface area (Å²) in [6.45, 7) is 1.74. The van der Waals surface area contributed by atoms with Crippen LogP contribution in [0.25, 0.3) is 0 Å². The second-order valence-electron chi connectivity index (χ2n) is 3.25. The van der Waals surface area contributed by atoms with Gasteiger partial charge in [0.1, 0.15) is 5.82 Å². The van der Waals surface area contributed by atoms with E-state index in [1.807, 2.05) is 0 Å². The summed E-state index contributed by atoms with van der Waals surface area (Å²) < 4.78 is 13.3. The van der Waals surface area contributed by atoms with E-state index in [9.17, 15) is 9.18 Å². The first-order valence-electron chi connectivity index (χ1n) is 4.75. The molecule has 0 saturated carbocycles. The van der Waals surface area contributed by atoms with E-state index in [0.717, 1.165) is 0 Å². The number of amides is 1. The Morgan fingerprint density at radius 1 is 1.53 bits per heavy atom. The van der Waals surface area contributed by atoms with Crippen molar-refractivity contribution in [2.24, 2.45) is 0 Å². The van der Waals surface area contributed by atoms with Crippen LogP contribution in [0.5, 0.6) is 0 Å². The van der Waals surface area contributed by atoms with Gasteiger partial charge in [-0.25, -0.2) is 4.39 Å². The molecule has 1 aromatic carbocycles. The van der Waals surface area contributed by atoms with Crippen LogP contribution in [0, 0.1) is 5.82 Å². The summed E-state index contributed by atoms with van der Waals surface area (Å²) in [5, 5.41) is 2.67. The maximum absolute atomic E-state index is 13.3. The third kappa shape index (κ3) is 3.51. The van der Waals surface area contributed by atoms with E-state index in [2.05, 4.69) is 5.32 Å². The molecule has 4 heteroatoms. The summed E-state index contributed by atoms with van der Waals surface area (Å²) in [6, 6.07) is 6.05. The Balaban J connectivity index is 2.65. The predicted molar refractivity (Wildman–Crippen MR) is 58.3 cm³/mol. The van der Waals surface area contributed by atoms with Crippen LogP contribution in [0.2, 0.25) is 0 Å². The monoisotopic (exact) mass is 229 g/mol. The summed E-state index contributed by atoms with van der Waals surface area (Å²) >= 11 is 5.42. The lowest BCUT2D eigenvalue weighted by Gasteiger charge is -2.14. The zero-order valence-corrected chi connectivity index (χ0v) is 9.22. The van der Waals surface area contributed by atoms with Crippen molar-refractivity contribution in [3.8, 4) is 0 Å². The zero-order valence-electron chi connectivity index (χ0n) is 8.47. The minimum Gasteiger partial charge on any atom is -0.349 e. The minimum atomic E-state index is -0.332. The molecule has 1 unspecified atom stereocenters. The number of rotatable bonds is 4. The quantitative estimate of drug-likeness (QED) is 0.791. The lowest BCUT2D eigenvalue weighted by atomic mass is 10.1. The van der Waals surface area contributed by atoms with Gasteiger partial charge in [0.05, 0.1) is 6.04 Å². The molecule has 1 atom stereocenters. The molecule has 1 amide bonds. The largest absolute Gasteiger partial charge is 0.349 e. The van der Waals surface area contributed by atoms with Gasteiger partial charge in [-0.05, 0) is 13.0 Å². The average molecular weight is 230 g/mol. The molecule has 0 saturated heterocycles. The van der Waals surface area contributed by atoms with E-state index < -0.39 is 0 Å². The number of hydrogen-bond donors (Lipinski definition) is 1. The van der Waals surface area contributed by atoms with E-state index in [1.54, 1.807) is 25.1 Å². The van der Waals surface area contributed by atoms with Gasteiger partial charge in [0.25, 0.3) is 0 Å². The molecule has 0 heterocycles. The highest BCUT2D eigenvalue weighted by Crippen LogP contribution is 2.15. The average Bonchev–Trinajstić information content (AvgIpc) is 2.18. The molecule has 0 aromatic heterocycles. The van der Waals surface area contributed by atoms with Crippen molar-refractivity contribution in [1.29, 1.82) is 0 Å².